The molecular weight excluding hydrogens is 435 g/mol. The summed E-state index contributed by atoms with van der Waals surface area (Å²) in [4.78, 5) is 24.2. The Morgan fingerprint density at radius 1 is 0.938 bits per heavy atom. The van der Waals surface area contributed by atoms with Crippen LogP contribution in [0.15, 0.2) is 42.5 Å². The van der Waals surface area contributed by atoms with E-state index in [1.807, 2.05) is 0 Å². The first-order chi connectivity index (χ1) is 15.3. The second-order valence-electron chi connectivity index (χ2n) is 7.84. The van der Waals surface area contributed by atoms with E-state index < -0.39 is 23.1 Å². The topological polar surface area (TPSA) is 61.8 Å². The van der Waals surface area contributed by atoms with E-state index in [2.05, 4.69) is 6.92 Å². The maximum Gasteiger partial charge on any atom is 0.343 e. The molecule has 0 aromatic heterocycles. The van der Waals surface area contributed by atoms with Gasteiger partial charge < -0.3 is 14.2 Å². The second kappa shape index (κ2) is 13.1. The molecule has 0 heterocycles. The molecule has 0 amide bonds. The molecule has 0 aliphatic carbocycles. The molecule has 0 fully saturated rings. The van der Waals surface area contributed by atoms with Crippen molar-refractivity contribution in [1.82, 2.24) is 0 Å². The SMILES string of the molecule is CCCCCCCOc1ccc(OC(=O)c2ccc(OC(=O)C(Cl)C(C)C)c(F)c2)cc1. The molecule has 2 rings (SSSR count). The summed E-state index contributed by atoms with van der Waals surface area (Å²) in [5, 5.41) is -0.896. The van der Waals surface area contributed by atoms with E-state index in [0.29, 0.717) is 18.1 Å². The van der Waals surface area contributed by atoms with Crippen molar-refractivity contribution < 1.29 is 28.2 Å². The number of hydrogen-bond acceptors (Lipinski definition) is 5. The van der Waals surface area contributed by atoms with Crippen molar-refractivity contribution in [2.24, 2.45) is 5.92 Å². The van der Waals surface area contributed by atoms with Gasteiger partial charge in [0.25, 0.3) is 0 Å². The molecule has 0 aliphatic heterocycles. The number of unbranched alkanes of at least 4 members (excludes halogenated alkanes) is 4. The van der Waals surface area contributed by atoms with Crippen LogP contribution in [-0.2, 0) is 4.79 Å². The van der Waals surface area contributed by atoms with Gasteiger partial charge in [0.2, 0.25) is 0 Å². The van der Waals surface area contributed by atoms with E-state index in [0.717, 1.165) is 18.9 Å². The Morgan fingerprint density at radius 2 is 1.59 bits per heavy atom. The quantitative estimate of drug-likeness (QED) is 0.154. The zero-order valence-corrected chi connectivity index (χ0v) is 19.5. The molecule has 0 saturated carbocycles. The van der Waals surface area contributed by atoms with Crippen LogP contribution in [0.1, 0.15) is 63.2 Å². The van der Waals surface area contributed by atoms with Gasteiger partial charge in [-0.15, -0.1) is 11.6 Å². The van der Waals surface area contributed by atoms with E-state index in [9.17, 15) is 14.0 Å². The summed E-state index contributed by atoms with van der Waals surface area (Å²) in [5.41, 5.74) is -0.0130. The average Bonchev–Trinajstić information content (AvgIpc) is 2.77. The van der Waals surface area contributed by atoms with Gasteiger partial charge in [-0.05, 0) is 54.8 Å². The van der Waals surface area contributed by atoms with E-state index in [1.54, 1.807) is 38.1 Å². The van der Waals surface area contributed by atoms with Crippen LogP contribution in [0, 0.1) is 11.7 Å². The molecule has 2 aromatic carbocycles. The highest BCUT2D eigenvalue weighted by Gasteiger charge is 2.23. The molecule has 0 bridgehead atoms. The van der Waals surface area contributed by atoms with E-state index >= 15 is 0 Å². The first-order valence-corrected chi connectivity index (χ1v) is 11.4. The summed E-state index contributed by atoms with van der Waals surface area (Å²) < 4.78 is 30.2. The lowest BCUT2D eigenvalue weighted by atomic mass is 10.1. The molecule has 0 spiro atoms. The van der Waals surface area contributed by atoms with Crippen LogP contribution in [-0.4, -0.2) is 23.9 Å². The maximum absolute atomic E-state index is 14.3. The Bertz CT molecular complexity index is 882. The minimum absolute atomic E-state index is 0.0130. The van der Waals surface area contributed by atoms with Crippen molar-refractivity contribution in [3.8, 4) is 17.2 Å². The van der Waals surface area contributed by atoms with Crippen molar-refractivity contribution in [3.05, 3.63) is 53.8 Å². The highest BCUT2D eigenvalue weighted by molar-refractivity contribution is 6.30. The van der Waals surface area contributed by atoms with Crippen molar-refractivity contribution in [3.63, 3.8) is 0 Å². The lowest BCUT2D eigenvalue weighted by Gasteiger charge is -2.13. The molecule has 2 aromatic rings. The molecule has 0 radical (unpaired) electrons. The summed E-state index contributed by atoms with van der Waals surface area (Å²) in [6.07, 6.45) is 5.80. The number of hydrogen-bond donors (Lipinski definition) is 0. The summed E-state index contributed by atoms with van der Waals surface area (Å²) in [5.74, 6) is -1.80. The lowest BCUT2D eigenvalue weighted by Crippen LogP contribution is -2.25. The fourth-order valence-corrected chi connectivity index (χ4v) is 2.86. The number of rotatable bonds is 12. The Balaban J connectivity index is 1.88. The van der Waals surface area contributed by atoms with Gasteiger partial charge in [0.15, 0.2) is 11.6 Å². The number of esters is 2. The number of carbonyl (C=O) groups is 2. The van der Waals surface area contributed by atoms with Crippen LogP contribution in [0.5, 0.6) is 17.2 Å². The van der Waals surface area contributed by atoms with Crippen molar-refractivity contribution in [2.45, 2.75) is 58.3 Å². The summed E-state index contributed by atoms with van der Waals surface area (Å²) in [6, 6.07) is 10.1. The van der Waals surface area contributed by atoms with Gasteiger partial charge in [-0.3, -0.25) is 4.79 Å². The largest absolute Gasteiger partial charge is 0.494 e. The fourth-order valence-electron chi connectivity index (χ4n) is 2.81. The number of alkyl halides is 1. The fraction of sp³-hybridized carbons (Fsp3) is 0.440. The van der Waals surface area contributed by atoms with Crippen LogP contribution in [0.2, 0.25) is 0 Å². The van der Waals surface area contributed by atoms with Crippen LogP contribution >= 0.6 is 11.6 Å². The number of halogens is 2. The van der Waals surface area contributed by atoms with E-state index in [-0.39, 0.29) is 17.2 Å². The summed E-state index contributed by atoms with van der Waals surface area (Å²) in [7, 11) is 0. The smallest absolute Gasteiger partial charge is 0.343 e. The molecule has 7 heteroatoms. The third-order valence-corrected chi connectivity index (χ3v) is 5.42. The van der Waals surface area contributed by atoms with Gasteiger partial charge in [-0.25, -0.2) is 9.18 Å². The Hall–Kier alpha value is -2.60. The van der Waals surface area contributed by atoms with Gasteiger partial charge in [-0.1, -0.05) is 46.5 Å². The van der Waals surface area contributed by atoms with Crippen LogP contribution in [0.3, 0.4) is 0 Å². The molecule has 174 valence electrons. The van der Waals surface area contributed by atoms with Gasteiger partial charge >= 0.3 is 11.9 Å². The Morgan fingerprint density at radius 3 is 2.22 bits per heavy atom. The number of benzene rings is 2. The summed E-state index contributed by atoms with van der Waals surface area (Å²) >= 11 is 5.93. The molecule has 32 heavy (non-hydrogen) atoms. The van der Waals surface area contributed by atoms with Gasteiger partial charge in [0, 0.05) is 0 Å². The van der Waals surface area contributed by atoms with Gasteiger partial charge in [0.05, 0.1) is 12.2 Å². The minimum atomic E-state index is -0.896. The maximum atomic E-state index is 14.3. The zero-order valence-electron chi connectivity index (χ0n) is 18.7. The molecule has 0 aliphatic rings. The van der Waals surface area contributed by atoms with Crippen LogP contribution in [0.25, 0.3) is 0 Å². The minimum Gasteiger partial charge on any atom is -0.494 e. The standard InChI is InChI=1S/C25H30ClFO5/c1-4-5-6-7-8-15-30-19-10-12-20(13-11-19)31-24(28)18-9-14-22(21(27)16-18)32-25(29)23(26)17(2)3/h9-14,16-17,23H,4-8,15H2,1-3H3. The van der Waals surface area contributed by atoms with Crippen LogP contribution < -0.4 is 14.2 Å². The van der Waals surface area contributed by atoms with E-state index in [4.69, 9.17) is 25.8 Å². The highest BCUT2D eigenvalue weighted by Crippen LogP contribution is 2.23. The Kier molecular flexibility index (Phi) is 10.5. The number of ether oxygens (including phenoxy) is 3. The van der Waals surface area contributed by atoms with Crippen LogP contribution in [0.4, 0.5) is 4.39 Å². The molecule has 5 nitrogen and oxygen atoms in total. The number of carbonyl (C=O) groups excluding carboxylic acids is 2. The lowest BCUT2D eigenvalue weighted by molar-refractivity contribution is -0.134. The zero-order chi connectivity index (χ0) is 23.5. The molecule has 1 unspecified atom stereocenters. The highest BCUT2D eigenvalue weighted by atomic mass is 35.5. The van der Waals surface area contributed by atoms with E-state index in [1.165, 1.54) is 31.4 Å². The molecular formula is C25H30ClFO5. The van der Waals surface area contributed by atoms with Gasteiger partial charge in [0.1, 0.15) is 16.9 Å². The first kappa shape index (κ1) is 25.7. The third-order valence-electron chi connectivity index (χ3n) is 4.74. The third kappa shape index (κ3) is 8.15. The van der Waals surface area contributed by atoms with Crippen molar-refractivity contribution in [1.29, 1.82) is 0 Å². The first-order valence-electron chi connectivity index (χ1n) is 10.9. The predicted octanol–water partition coefficient (Wildman–Crippen LogP) is 6.56. The van der Waals surface area contributed by atoms with Gasteiger partial charge in [-0.2, -0.15) is 0 Å². The average molecular weight is 465 g/mol. The summed E-state index contributed by atoms with van der Waals surface area (Å²) in [6.45, 7) is 6.32. The monoisotopic (exact) mass is 464 g/mol. The Labute approximate surface area is 193 Å². The molecule has 0 saturated heterocycles. The van der Waals surface area contributed by atoms with Crippen molar-refractivity contribution >= 4 is 23.5 Å². The van der Waals surface area contributed by atoms with Crippen molar-refractivity contribution in [2.75, 3.05) is 6.61 Å². The normalized spacial score (nSPS) is 11.8. The molecule has 1 atom stereocenters. The predicted molar refractivity (Wildman–Crippen MR) is 122 cm³/mol. The molecule has 0 N–H and O–H groups in total. The second-order valence-corrected chi connectivity index (χ2v) is 8.31.